The first-order chi connectivity index (χ1) is 13.1. The van der Waals surface area contributed by atoms with Crippen molar-refractivity contribution in [3.05, 3.63) is 55.5 Å². The number of halogens is 3. The summed E-state index contributed by atoms with van der Waals surface area (Å²) in [6, 6.07) is 11.9. The molecule has 0 atom stereocenters. The fourth-order valence-electron chi connectivity index (χ4n) is 2.61. The van der Waals surface area contributed by atoms with Gasteiger partial charge in [0, 0.05) is 8.04 Å². The number of hydrogen-bond acceptors (Lipinski definition) is 4. The Balaban J connectivity index is 0.000000162. The van der Waals surface area contributed by atoms with Crippen LogP contribution in [0.25, 0.3) is 0 Å². The van der Waals surface area contributed by atoms with E-state index in [4.69, 9.17) is 11.6 Å². The highest BCUT2D eigenvalue weighted by atomic mass is 127. The summed E-state index contributed by atoms with van der Waals surface area (Å²) in [6.07, 6.45) is 3.70. The molecule has 2 fully saturated rings. The highest BCUT2D eigenvalue weighted by Gasteiger charge is 2.36. The Hall–Kier alpha value is -0.160. The summed E-state index contributed by atoms with van der Waals surface area (Å²) < 4.78 is 49.1. The van der Waals surface area contributed by atoms with Crippen molar-refractivity contribution < 1.29 is 16.8 Å². The van der Waals surface area contributed by atoms with Crippen LogP contribution in [-0.2, 0) is 19.7 Å². The lowest BCUT2D eigenvalue weighted by Gasteiger charge is -2.05. The van der Waals surface area contributed by atoms with Crippen molar-refractivity contribution in [3.8, 4) is 0 Å². The first-order valence-corrected chi connectivity index (χ1v) is 14.2. The molecule has 9 heteroatoms. The van der Waals surface area contributed by atoms with Gasteiger partial charge in [0.05, 0.1) is 25.8 Å². The van der Waals surface area contributed by atoms with Gasteiger partial charge in [-0.25, -0.2) is 16.8 Å². The topological polar surface area (TPSA) is 68.3 Å². The second kappa shape index (κ2) is 8.91. The normalized spacial score (nSPS) is 17.0. The molecule has 0 amide bonds. The second-order valence-electron chi connectivity index (χ2n) is 7.00. The maximum atomic E-state index is 11.9. The van der Waals surface area contributed by atoms with Gasteiger partial charge in [-0.3, -0.25) is 0 Å². The molecule has 28 heavy (non-hydrogen) atoms. The third-order valence-corrected chi connectivity index (χ3v) is 10.3. The van der Waals surface area contributed by atoms with Gasteiger partial charge in [-0.15, -0.1) is 0 Å². The molecule has 0 heterocycles. The Morgan fingerprint density at radius 2 is 1.57 bits per heavy atom. The summed E-state index contributed by atoms with van der Waals surface area (Å²) in [7, 11) is -6.18. The minimum atomic E-state index is -3.20. The van der Waals surface area contributed by atoms with Crippen LogP contribution in [0.4, 0.5) is 0 Å². The zero-order chi connectivity index (χ0) is 20.5. The molecule has 0 unspecified atom stereocenters. The summed E-state index contributed by atoms with van der Waals surface area (Å²) in [6.45, 7) is 0. The molecule has 0 aliphatic heterocycles. The van der Waals surface area contributed by atoms with E-state index in [2.05, 4.69) is 38.5 Å². The third kappa shape index (κ3) is 5.93. The van der Waals surface area contributed by atoms with Crippen LogP contribution < -0.4 is 0 Å². The van der Waals surface area contributed by atoms with E-state index in [1.54, 1.807) is 30.3 Å². The molecule has 0 saturated heterocycles. The molecule has 2 saturated carbocycles. The Bertz CT molecular complexity index is 1060. The molecule has 2 aliphatic rings. The molecule has 152 valence electrons. The minimum absolute atomic E-state index is 0.104. The molecule has 0 spiro atoms. The van der Waals surface area contributed by atoms with Gasteiger partial charge in [0.25, 0.3) is 0 Å². The van der Waals surface area contributed by atoms with Gasteiger partial charge in [-0.1, -0.05) is 27.5 Å². The maximum absolute atomic E-state index is 11.9. The molecule has 2 aromatic rings. The van der Waals surface area contributed by atoms with Gasteiger partial charge >= 0.3 is 0 Å². The van der Waals surface area contributed by atoms with Gasteiger partial charge in [-0.2, -0.15) is 0 Å². The molecule has 0 aromatic heterocycles. The van der Waals surface area contributed by atoms with E-state index in [1.807, 2.05) is 12.1 Å². The summed E-state index contributed by atoms with van der Waals surface area (Å²) >= 11 is 11.3. The largest absolute Gasteiger partial charge is 0.224 e. The highest BCUT2D eigenvalue weighted by Crippen LogP contribution is 2.35. The third-order valence-electron chi connectivity index (χ3n) is 4.49. The summed E-state index contributed by atoms with van der Waals surface area (Å²) in [5, 5.41) is 0.192. The monoisotopic (exact) mass is 616 g/mol. The predicted molar refractivity (Wildman–Crippen MR) is 123 cm³/mol. The SMILES string of the molecule is O=S(=O)(CC1CC1)c1ccc(Br)cc1Cl.O=S(=O)(c1ccc(I)cc1)C1CC1. The summed E-state index contributed by atoms with van der Waals surface area (Å²) in [4.78, 5) is 0.717. The molecule has 4 nitrogen and oxygen atoms in total. The lowest BCUT2D eigenvalue weighted by molar-refractivity contribution is 0.591. The van der Waals surface area contributed by atoms with Crippen molar-refractivity contribution in [1.82, 2.24) is 0 Å². The maximum Gasteiger partial charge on any atom is 0.181 e. The van der Waals surface area contributed by atoms with E-state index in [0.29, 0.717) is 15.8 Å². The minimum Gasteiger partial charge on any atom is -0.224 e. The first kappa shape index (κ1) is 22.5. The number of sulfone groups is 2. The van der Waals surface area contributed by atoms with Gasteiger partial charge in [0.1, 0.15) is 0 Å². The lowest BCUT2D eigenvalue weighted by atomic mass is 10.4. The number of hydrogen-bond donors (Lipinski definition) is 0. The molecule has 4 rings (SSSR count). The van der Waals surface area contributed by atoms with Crippen LogP contribution in [0.2, 0.25) is 5.02 Å². The van der Waals surface area contributed by atoms with Gasteiger partial charge in [0.15, 0.2) is 19.7 Å². The number of benzene rings is 2. The fourth-order valence-corrected chi connectivity index (χ4v) is 7.41. The summed E-state index contributed by atoms with van der Waals surface area (Å²) in [5.41, 5.74) is 0. The fraction of sp³-hybridized carbons (Fsp3) is 0.368. The molecular weight excluding hydrogens is 599 g/mol. The van der Waals surface area contributed by atoms with Crippen LogP contribution in [0.1, 0.15) is 25.7 Å². The van der Waals surface area contributed by atoms with E-state index in [9.17, 15) is 16.8 Å². The van der Waals surface area contributed by atoms with Crippen LogP contribution in [0.3, 0.4) is 0 Å². The van der Waals surface area contributed by atoms with E-state index >= 15 is 0 Å². The van der Waals surface area contributed by atoms with E-state index in [1.165, 1.54) is 0 Å². The predicted octanol–water partition coefficient (Wildman–Crippen LogP) is 5.51. The zero-order valence-electron chi connectivity index (χ0n) is 14.8. The van der Waals surface area contributed by atoms with Gasteiger partial charge in [0.2, 0.25) is 0 Å². The summed E-state index contributed by atoms with van der Waals surface area (Å²) in [5.74, 6) is 0.573. The van der Waals surface area contributed by atoms with Crippen molar-refractivity contribution in [3.63, 3.8) is 0 Å². The standard InChI is InChI=1S/C10H10BrClO2S.C9H9IO2S/c11-8-3-4-10(9(12)5-8)15(13,14)6-7-1-2-7;10-7-1-3-8(4-2-7)13(11,12)9-5-6-9/h3-5,7H,1-2,6H2;1-4,9H,5-6H2. The van der Waals surface area contributed by atoms with E-state index in [-0.39, 0.29) is 15.9 Å². The Kier molecular flexibility index (Phi) is 7.17. The average molecular weight is 618 g/mol. The van der Waals surface area contributed by atoms with Gasteiger partial charge < -0.3 is 0 Å². The first-order valence-electron chi connectivity index (χ1n) is 8.77. The molecule has 2 aromatic carbocycles. The molecule has 0 radical (unpaired) electrons. The van der Waals surface area contributed by atoms with Crippen LogP contribution in [0, 0.1) is 9.49 Å². The van der Waals surface area contributed by atoms with Gasteiger partial charge in [-0.05, 0) is 96.7 Å². The Labute approximate surface area is 193 Å². The average Bonchev–Trinajstić information content (AvgIpc) is 3.49. The van der Waals surface area contributed by atoms with Crippen LogP contribution in [-0.4, -0.2) is 27.8 Å². The van der Waals surface area contributed by atoms with Crippen molar-refractivity contribution in [2.24, 2.45) is 5.92 Å². The Morgan fingerprint density at radius 3 is 2.07 bits per heavy atom. The smallest absolute Gasteiger partial charge is 0.181 e. The zero-order valence-corrected chi connectivity index (χ0v) is 20.9. The van der Waals surface area contributed by atoms with Crippen molar-refractivity contribution in [2.75, 3.05) is 5.75 Å². The van der Waals surface area contributed by atoms with Crippen LogP contribution >= 0.6 is 50.1 Å². The Morgan fingerprint density at radius 1 is 0.964 bits per heavy atom. The van der Waals surface area contributed by atoms with Crippen molar-refractivity contribution in [2.45, 2.75) is 40.7 Å². The molecule has 2 aliphatic carbocycles. The highest BCUT2D eigenvalue weighted by molar-refractivity contribution is 14.1. The van der Waals surface area contributed by atoms with Crippen molar-refractivity contribution in [1.29, 1.82) is 0 Å². The van der Waals surface area contributed by atoms with E-state index in [0.717, 1.165) is 33.7 Å². The quantitative estimate of drug-likeness (QED) is 0.415. The van der Waals surface area contributed by atoms with E-state index < -0.39 is 19.7 Å². The lowest BCUT2D eigenvalue weighted by Crippen LogP contribution is -2.08. The van der Waals surface area contributed by atoms with Crippen LogP contribution in [0.15, 0.2) is 56.7 Å². The molecule has 0 bridgehead atoms. The van der Waals surface area contributed by atoms with Crippen LogP contribution in [0.5, 0.6) is 0 Å². The second-order valence-corrected chi connectivity index (χ2v) is 13.8. The number of rotatable bonds is 5. The van der Waals surface area contributed by atoms with Crippen molar-refractivity contribution >= 4 is 69.8 Å². The molecular formula is C19H19BrClIO4S2. The molecule has 0 N–H and O–H groups in total.